The van der Waals surface area contributed by atoms with Crippen molar-refractivity contribution in [3.8, 4) is 0 Å². The predicted octanol–water partition coefficient (Wildman–Crippen LogP) is 2.72. The minimum absolute atomic E-state index is 0. The Bertz CT molecular complexity index is 359. The summed E-state index contributed by atoms with van der Waals surface area (Å²) in [7, 11) is 0. The molecule has 1 atom stereocenters. The first kappa shape index (κ1) is 14.5. The second kappa shape index (κ2) is 6.39. The van der Waals surface area contributed by atoms with Crippen molar-refractivity contribution in [2.75, 3.05) is 13.1 Å². The molecule has 2 nitrogen and oxygen atoms in total. The van der Waals surface area contributed by atoms with Crippen LogP contribution < -0.4 is 11.1 Å². The summed E-state index contributed by atoms with van der Waals surface area (Å²) in [5.41, 5.74) is 10.4. The van der Waals surface area contributed by atoms with Gasteiger partial charge in [0.2, 0.25) is 0 Å². The summed E-state index contributed by atoms with van der Waals surface area (Å²) in [6.45, 7) is 6.53. The van der Waals surface area contributed by atoms with E-state index in [1.165, 1.54) is 29.5 Å². The zero-order valence-corrected chi connectivity index (χ0v) is 11.5. The first-order chi connectivity index (χ1) is 7.68. The fraction of sp³-hybridized carbons (Fsp3) is 0.571. The van der Waals surface area contributed by atoms with Gasteiger partial charge in [0, 0.05) is 6.04 Å². The van der Waals surface area contributed by atoms with Gasteiger partial charge >= 0.3 is 0 Å². The maximum absolute atomic E-state index is 6.39. The molecule has 1 aromatic rings. The van der Waals surface area contributed by atoms with Crippen LogP contribution in [0.5, 0.6) is 0 Å². The molecule has 1 fully saturated rings. The third kappa shape index (κ3) is 3.44. The second-order valence-corrected chi connectivity index (χ2v) is 4.97. The molecule has 0 unspecified atom stereocenters. The standard InChI is InChI=1S/C14H22N2.ClH/c1-10-3-4-13(11(2)9-10)14(15)12-5-7-16-8-6-12;/h3-4,9,12,14,16H,5-8,15H2,1-2H3;1H/t14-;/m1./s1. The predicted molar refractivity (Wildman–Crippen MR) is 75.7 cm³/mol. The maximum atomic E-state index is 6.39. The van der Waals surface area contributed by atoms with E-state index in [4.69, 9.17) is 5.73 Å². The Morgan fingerprint density at radius 3 is 2.47 bits per heavy atom. The second-order valence-electron chi connectivity index (χ2n) is 4.97. The first-order valence-corrected chi connectivity index (χ1v) is 6.22. The van der Waals surface area contributed by atoms with Crippen molar-refractivity contribution in [3.05, 3.63) is 34.9 Å². The van der Waals surface area contributed by atoms with Crippen molar-refractivity contribution < 1.29 is 0 Å². The zero-order valence-electron chi connectivity index (χ0n) is 10.7. The topological polar surface area (TPSA) is 38.0 Å². The smallest absolute Gasteiger partial charge is 0.0327 e. The molecule has 0 saturated carbocycles. The summed E-state index contributed by atoms with van der Waals surface area (Å²) in [4.78, 5) is 0. The molecule has 0 spiro atoms. The lowest BCUT2D eigenvalue weighted by atomic mass is 9.84. The summed E-state index contributed by atoms with van der Waals surface area (Å²) in [6, 6.07) is 6.82. The number of benzene rings is 1. The summed E-state index contributed by atoms with van der Waals surface area (Å²) in [5, 5.41) is 3.39. The molecule has 2 rings (SSSR count). The largest absolute Gasteiger partial charge is 0.324 e. The first-order valence-electron chi connectivity index (χ1n) is 6.22. The molecule has 1 aromatic carbocycles. The van der Waals surface area contributed by atoms with Gasteiger partial charge in [-0.15, -0.1) is 12.4 Å². The molecular weight excluding hydrogens is 232 g/mol. The van der Waals surface area contributed by atoms with Crippen molar-refractivity contribution >= 4 is 12.4 Å². The van der Waals surface area contributed by atoms with E-state index in [0.717, 1.165) is 13.1 Å². The molecule has 1 heterocycles. The molecule has 96 valence electrons. The summed E-state index contributed by atoms with van der Waals surface area (Å²) in [6.07, 6.45) is 2.41. The molecule has 3 heteroatoms. The highest BCUT2D eigenvalue weighted by molar-refractivity contribution is 5.85. The minimum Gasteiger partial charge on any atom is -0.324 e. The van der Waals surface area contributed by atoms with E-state index in [9.17, 15) is 0 Å². The fourth-order valence-corrected chi connectivity index (χ4v) is 2.66. The zero-order chi connectivity index (χ0) is 11.5. The van der Waals surface area contributed by atoms with Gasteiger partial charge in [-0.1, -0.05) is 23.8 Å². The van der Waals surface area contributed by atoms with Gasteiger partial charge in [0.15, 0.2) is 0 Å². The van der Waals surface area contributed by atoms with Gasteiger partial charge in [-0.2, -0.15) is 0 Å². The highest BCUT2D eigenvalue weighted by Gasteiger charge is 2.22. The van der Waals surface area contributed by atoms with Gasteiger partial charge in [-0.05, 0) is 56.8 Å². The quantitative estimate of drug-likeness (QED) is 0.852. The minimum atomic E-state index is 0. The molecule has 0 radical (unpaired) electrons. The van der Waals surface area contributed by atoms with Gasteiger partial charge in [-0.3, -0.25) is 0 Å². The van der Waals surface area contributed by atoms with Crippen molar-refractivity contribution in [3.63, 3.8) is 0 Å². The Balaban J connectivity index is 0.00000144. The average Bonchev–Trinajstić information content (AvgIpc) is 2.29. The monoisotopic (exact) mass is 254 g/mol. The van der Waals surface area contributed by atoms with E-state index in [1.807, 2.05) is 0 Å². The average molecular weight is 255 g/mol. The third-order valence-corrected chi connectivity index (χ3v) is 3.68. The van der Waals surface area contributed by atoms with E-state index in [-0.39, 0.29) is 18.4 Å². The maximum Gasteiger partial charge on any atom is 0.0327 e. The van der Waals surface area contributed by atoms with Gasteiger partial charge in [-0.25, -0.2) is 0 Å². The summed E-state index contributed by atoms with van der Waals surface area (Å²) >= 11 is 0. The van der Waals surface area contributed by atoms with Crippen LogP contribution in [0.2, 0.25) is 0 Å². The van der Waals surface area contributed by atoms with Crippen molar-refractivity contribution in [2.45, 2.75) is 32.7 Å². The lowest BCUT2D eigenvalue weighted by Crippen LogP contribution is -2.34. The SMILES string of the molecule is Cc1ccc([C@H](N)C2CCNCC2)c(C)c1.Cl. The molecule has 17 heavy (non-hydrogen) atoms. The number of nitrogens with one attached hydrogen (secondary N) is 1. The Kier molecular flexibility index (Phi) is 5.44. The molecule has 1 aliphatic heterocycles. The third-order valence-electron chi connectivity index (χ3n) is 3.68. The molecule has 0 aliphatic carbocycles. The van der Waals surface area contributed by atoms with Crippen LogP contribution >= 0.6 is 12.4 Å². The van der Waals surface area contributed by atoms with Crippen LogP contribution in [-0.4, -0.2) is 13.1 Å². The van der Waals surface area contributed by atoms with E-state index in [2.05, 4.69) is 37.4 Å². The van der Waals surface area contributed by atoms with Crippen LogP contribution in [0.4, 0.5) is 0 Å². The lowest BCUT2D eigenvalue weighted by molar-refractivity contribution is 0.321. The number of piperidine rings is 1. The Morgan fingerprint density at radius 2 is 1.88 bits per heavy atom. The Morgan fingerprint density at radius 1 is 1.24 bits per heavy atom. The lowest BCUT2D eigenvalue weighted by Gasteiger charge is -2.29. The molecular formula is C14H23ClN2. The highest BCUT2D eigenvalue weighted by atomic mass is 35.5. The molecule has 0 aromatic heterocycles. The molecule has 0 bridgehead atoms. The van der Waals surface area contributed by atoms with E-state index in [1.54, 1.807) is 0 Å². The van der Waals surface area contributed by atoms with Crippen LogP contribution in [0.3, 0.4) is 0 Å². The van der Waals surface area contributed by atoms with Crippen LogP contribution in [0, 0.1) is 19.8 Å². The van der Waals surface area contributed by atoms with Gasteiger partial charge in [0.1, 0.15) is 0 Å². The molecule has 1 aliphatic rings. The normalized spacial score (nSPS) is 18.5. The van der Waals surface area contributed by atoms with Crippen LogP contribution in [0.15, 0.2) is 18.2 Å². The number of aryl methyl sites for hydroxylation is 2. The number of rotatable bonds is 2. The molecule has 1 saturated heterocycles. The van der Waals surface area contributed by atoms with Gasteiger partial charge < -0.3 is 11.1 Å². The van der Waals surface area contributed by atoms with E-state index >= 15 is 0 Å². The van der Waals surface area contributed by atoms with Crippen molar-refractivity contribution in [1.29, 1.82) is 0 Å². The number of hydrogen-bond donors (Lipinski definition) is 2. The molecule has 0 amide bonds. The van der Waals surface area contributed by atoms with Gasteiger partial charge in [0.05, 0.1) is 0 Å². The highest BCUT2D eigenvalue weighted by Crippen LogP contribution is 2.28. The molecule has 3 N–H and O–H groups in total. The van der Waals surface area contributed by atoms with Crippen LogP contribution in [-0.2, 0) is 0 Å². The fourth-order valence-electron chi connectivity index (χ4n) is 2.66. The number of hydrogen-bond acceptors (Lipinski definition) is 2. The number of nitrogens with two attached hydrogens (primary N) is 1. The summed E-state index contributed by atoms with van der Waals surface area (Å²) < 4.78 is 0. The Labute approximate surface area is 110 Å². The Hall–Kier alpha value is -0.570. The number of halogens is 1. The van der Waals surface area contributed by atoms with E-state index in [0.29, 0.717) is 5.92 Å². The van der Waals surface area contributed by atoms with Crippen molar-refractivity contribution in [1.82, 2.24) is 5.32 Å². The van der Waals surface area contributed by atoms with Crippen LogP contribution in [0.25, 0.3) is 0 Å². The van der Waals surface area contributed by atoms with Gasteiger partial charge in [0.25, 0.3) is 0 Å². The van der Waals surface area contributed by atoms with E-state index < -0.39 is 0 Å². The summed E-state index contributed by atoms with van der Waals surface area (Å²) in [5.74, 6) is 0.641. The van der Waals surface area contributed by atoms with Crippen LogP contribution in [0.1, 0.15) is 35.6 Å². The van der Waals surface area contributed by atoms with Crippen molar-refractivity contribution in [2.24, 2.45) is 11.7 Å².